The smallest absolute Gasteiger partial charge is 0.106 e. The van der Waals surface area contributed by atoms with Gasteiger partial charge < -0.3 is 10.7 Å². The van der Waals surface area contributed by atoms with E-state index < -0.39 is 0 Å². The first kappa shape index (κ1) is 8.27. The molecule has 0 aliphatic rings. The quantitative estimate of drug-likeness (QED) is 0.672. The van der Waals surface area contributed by atoms with Crippen molar-refractivity contribution in [1.29, 1.82) is 0 Å². The Balaban J connectivity index is 2.97. The molecule has 0 aromatic carbocycles. The number of imidazole rings is 1. The van der Waals surface area contributed by atoms with Crippen LogP contribution in [0.25, 0.3) is 0 Å². The number of H-pyrrole nitrogens is 1. The molecule has 1 aromatic rings. The highest BCUT2D eigenvalue weighted by Crippen LogP contribution is 2.11. The van der Waals surface area contributed by atoms with Crippen LogP contribution in [-0.2, 0) is 6.42 Å². The molecular formula is C8H15N3. The summed E-state index contributed by atoms with van der Waals surface area (Å²) in [6, 6.07) is 0.0581. The molecule has 1 heterocycles. The Bertz CT molecular complexity index is 237. The molecule has 0 aliphatic carbocycles. The first-order valence-corrected chi connectivity index (χ1v) is 3.96. The van der Waals surface area contributed by atoms with Crippen molar-refractivity contribution in [2.75, 3.05) is 0 Å². The highest BCUT2D eigenvalue weighted by molar-refractivity contribution is 5.15. The van der Waals surface area contributed by atoms with E-state index in [9.17, 15) is 0 Å². The number of nitrogens with two attached hydrogens (primary N) is 1. The Morgan fingerprint density at radius 3 is 2.55 bits per heavy atom. The van der Waals surface area contributed by atoms with Crippen molar-refractivity contribution in [1.82, 2.24) is 9.97 Å². The molecule has 0 spiro atoms. The minimum Gasteiger partial charge on any atom is -0.344 e. The van der Waals surface area contributed by atoms with Crippen LogP contribution in [0.3, 0.4) is 0 Å². The predicted molar refractivity (Wildman–Crippen MR) is 45.3 cm³/mol. The number of nitrogens with zero attached hydrogens (tertiary/aromatic N) is 1. The van der Waals surface area contributed by atoms with Gasteiger partial charge in [0.2, 0.25) is 0 Å². The molecule has 0 radical (unpaired) electrons. The number of hydrogen-bond donors (Lipinski definition) is 2. The van der Waals surface area contributed by atoms with E-state index >= 15 is 0 Å². The number of aromatic nitrogens is 2. The Kier molecular flexibility index (Phi) is 2.29. The van der Waals surface area contributed by atoms with Gasteiger partial charge in [-0.3, -0.25) is 0 Å². The van der Waals surface area contributed by atoms with Crippen molar-refractivity contribution in [3.63, 3.8) is 0 Å². The highest BCUT2D eigenvalue weighted by Gasteiger charge is 2.07. The van der Waals surface area contributed by atoms with Crippen molar-refractivity contribution in [3.05, 3.63) is 17.2 Å². The molecule has 0 saturated heterocycles. The lowest BCUT2D eigenvalue weighted by Crippen LogP contribution is -2.06. The fraction of sp³-hybridized carbons (Fsp3) is 0.625. The number of aryl methyl sites for hydroxylation is 2. The van der Waals surface area contributed by atoms with E-state index in [-0.39, 0.29) is 6.04 Å². The molecule has 3 nitrogen and oxygen atoms in total. The first-order valence-electron chi connectivity index (χ1n) is 3.96. The molecule has 0 saturated carbocycles. The van der Waals surface area contributed by atoms with Gasteiger partial charge in [0.05, 0.1) is 11.4 Å². The van der Waals surface area contributed by atoms with E-state index in [0.29, 0.717) is 0 Å². The number of aromatic amines is 1. The van der Waals surface area contributed by atoms with E-state index in [4.69, 9.17) is 5.73 Å². The molecule has 62 valence electrons. The van der Waals surface area contributed by atoms with Gasteiger partial charge in [0, 0.05) is 12.5 Å². The third-order valence-corrected chi connectivity index (χ3v) is 1.76. The topological polar surface area (TPSA) is 54.7 Å². The van der Waals surface area contributed by atoms with Crippen LogP contribution in [0, 0.1) is 6.92 Å². The van der Waals surface area contributed by atoms with Gasteiger partial charge in [-0.1, -0.05) is 6.92 Å². The molecule has 0 aliphatic heterocycles. The van der Waals surface area contributed by atoms with Crippen LogP contribution in [0.2, 0.25) is 0 Å². The van der Waals surface area contributed by atoms with Crippen LogP contribution in [0.5, 0.6) is 0 Å². The summed E-state index contributed by atoms with van der Waals surface area (Å²) in [5, 5.41) is 0. The molecule has 1 atom stereocenters. The van der Waals surface area contributed by atoms with Crippen molar-refractivity contribution in [2.45, 2.75) is 33.2 Å². The second kappa shape index (κ2) is 3.05. The predicted octanol–water partition coefficient (Wildman–Crippen LogP) is 1.30. The SMILES string of the molecule is CCc1nc(C)c(C(C)N)[nH]1. The van der Waals surface area contributed by atoms with Crippen LogP contribution in [0.4, 0.5) is 0 Å². The number of hydrogen-bond acceptors (Lipinski definition) is 2. The minimum absolute atomic E-state index is 0.0581. The summed E-state index contributed by atoms with van der Waals surface area (Å²) in [5.41, 5.74) is 7.79. The fourth-order valence-corrected chi connectivity index (χ4v) is 1.15. The van der Waals surface area contributed by atoms with Gasteiger partial charge in [0.25, 0.3) is 0 Å². The lowest BCUT2D eigenvalue weighted by atomic mass is 10.2. The van der Waals surface area contributed by atoms with Crippen molar-refractivity contribution in [2.24, 2.45) is 5.73 Å². The van der Waals surface area contributed by atoms with Crippen molar-refractivity contribution < 1.29 is 0 Å². The molecule has 1 unspecified atom stereocenters. The zero-order valence-electron chi connectivity index (χ0n) is 7.31. The van der Waals surface area contributed by atoms with Gasteiger partial charge >= 0.3 is 0 Å². The van der Waals surface area contributed by atoms with Crippen LogP contribution in [0.15, 0.2) is 0 Å². The molecule has 3 heteroatoms. The van der Waals surface area contributed by atoms with Gasteiger partial charge in [0.1, 0.15) is 5.82 Å². The third-order valence-electron chi connectivity index (χ3n) is 1.76. The van der Waals surface area contributed by atoms with Crippen molar-refractivity contribution in [3.8, 4) is 0 Å². The Hall–Kier alpha value is -0.830. The average Bonchev–Trinajstić information content (AvgIpc) is 2.30. The van der Waals surface area contributed by atoms with E-state index in [1.54, 1.807) is 0 Å². The fourth-order valence-electron chi connectivity index (χ4n) is 1.15. The molecule has 0 amide bonds. The monoisotopic (exact) mass is 153 g/mol. The van der Waals surface area contributed by atoms with Crippen LogP contribution in [-0.4, -0.2) is 9.97 Å². The highest BCUT2D eigenvalue weighted by atomic mass is 14.9. The second-order valence-corrected chi connectivity index (χ2v) is 2.82. The van der Waals surface area contributed by atoms with E-state index in [1.165, 1.54) is 0 Å². The van der Waals surface area contributed by atoms with Crippen LogP contribution < -0.4 is 5.73 Å². The summed E-state index contributed by atoms with van der Waals surface area (Å²) in [6.07, 6.45) is 0.938. The lowest BCUT2D eigenvalue weighted by Gasteiger charge is -2.00. The third kappa shape index (κ3) is 1.60. The number of rotatable bonds is 2. The Morgan fingerprint density at radius 2 is 2.27 bits per heavy atom. The summed E-state index contributed by atoms with van der Waals surface area (Å²) < 4.78 is 0. The normalized spacial score (nSPS) is 13.5. The maximum absolute atomic E-state index is 5.71. The summed E-state index contributed by atoms with van der Waals surface area (Å²) >= 11 is 0. The Morgan fingerprint density at radius 1 is 1.64 bits per heavy atom. The Labute approximate surface area is 67.0 Å². The van der Waals surface area contributed by atoms with Crippen molar-refractivity contribution >= 4 is 0 Å². The molecule has 3 N–H and O–H groups in total. The minimum atomic E-state index is 0.0581. The van der Waals surface area contributed by atoms with E-state index in [1.807, 2.05) is 13.8 Å². The molecule has 0 bridgehead atoms. The van der Waals surface area contributed by atoms with Gasteiger partial charge in [-0.25, -0.2) is 4.98 Å². The largest absolute Gasteiger partial charge is 0.344 e. The molecule has 11 heavy (non-hydrogen) atoms. The summed E-state index contributed by atoms with van der Waals surface area (Å²) in [4.78, 5) is 7.51. The van der Waals surface area contributed by atoms with Gasteiger partial charge in [-0.2, -0.15) is 0 Å². The standard InChI is InChI=1S/C8H15N3/c1-4-7-10-6(3)8(11-7)5(2)9/h5H,4,9H2,1-3H3,(H,10,11). The van der Waals surface area contributed by atoms with Crippen LogP contribution >= 0.6 is 0 Å². The van der Waals surface area contributed by atoms with Gasteiger partial charge in [0.15, 0.2) is 0 Å². The molecule has 1 rings (SSSR count). The maximum Gasteiger partial charge on any atom is 0.106 e. The average molecular weight is 153 g/mol. The first-order chi connectivity index (χ1) is 5.15. The zero-order valence-corrected chi connectivity index (χ0v) is 7.31. The van der Waals surface area contributed by atoms with E-state index in [0.717, 1.165) is 23.6 Å². The molecule has 1 aromatic heterocycles. The molecular weight excluding hydrogens is 138 g/mol. The summed E-state index contributed by atoms with van der Waals surface area (Å²) in [7, 11) is 0. The van der Waals surface area contributed by atoms with Gasteiger partial charge in [-0.15, -0.1) is 0 Å². The second-order valence-electron chi connectivity index (χ2n) is 2.82. The van der Waals surface area contributed by atoms with Crippen LogP contribution in [0.1, 0.15) is 37.1 Å². The summed E-state index contributed by atoms with van der Waals surface area (Å²) in [5.74, 6) is 1.02. The molecule has 0 fully saturated rings. The zero-order chi connectivity index (χ0) is 8.43. The number of nitrogens with one attached hydrogen (secondary N) is 1. The maximum atomic E-state index is 5.71. The lowest BCUT2D eigenvalue weighted by molar-refractivity contribution is 0.776. The van der Waals surface area contributed by atoms with Gasteiger partial charge in [-0.05, 0) is 13.8 Å². The van der Waals surface area contributed by atoms with E-state index in [2.05, 4.69) is 16.9 Å². The summed E-state index contributed by atoms with van der Waals surface area (Å²) in [6.45, 7) is 6.01.